The maximum atomic E-state index is 13.2. The summed E-state index contributed by atoms with van der Waals surface area (Å²) in [4.78, 5) is 4.54. The van der Waals surface area contributed by atoms with Crippen LogP contribution in [0.15, 0.2) is 77.8 Å². The highest BCUT2D eigenvalue weighted by Gasteiger charge is 2.23. The molecule has 1 N–H and O–H groups in total. The van der Waals surface area contributed by atoms with E-state index in [1.54, 1.807) is 80.7 Å². The predicted molar refractivity (Wildman–Crippen MR) is 122 cm³/mol. The van der Waals surface area contributed by atoms with E-state index in [4.69, 9.17) is 0 Å². The maximum Gasteiger partial charge on any atom is 0.269 e. The minimum absolute atomic E-state index is 0.0115. The molecule has 2 heterocycles. The molecular weight excluding hydrogens is 434 g/mol. The van der Waals surface area contributed by atoms with Crippen LogP contribution < -0.4 is 4.72 Å². The molecule has 0 spiro atoms. The molecule has 0 atom stereocenters. The van der Waals surface area contributed by atoms with Gasteiger partial charge in [0.2, 0.25) is 10.0 Å². The molecule has 0 aliphatic heterocycles. The third-order valence-corrected chi connectivity index (χ3v) is 8.08. The first-order valence-electron chi connectivity index (χ1n) is 9.61. The fraction of sp³-hybridized carbons (Fsp3) is 0.136. The van der Waals surface area contributed by atoms with Crippen LogP contribution in [-0.4, -0.2) is 31.5 Å². The van der Waals surface area contributed by atoms with E-state index >= 15 is 0 Å². The Bertz CT molecular complexity index is 1460. The molecule has 0 unspecified atom stereocenters. The molecule has 0 aliphatic rings. The summed E-state index contributed by atoms with van der Waals surface area (Å²) in [7, 11) is -7.16. The zero-order valence-electron chi connectivity index (χ0n) is 17.0. The van der Waals surface area contributed by atoms with Gasteiger partial charge in [-0.1, -0.05) is 30.3 Å². The monoisotopic (exact) mass is 455 g/mol. The molecule has 0 bridgehead atoms. The summed E-state index contributed by atoms with van der Waals surface area (Å²) < 4.78 is 53.8. The molecule has 0 saturated carbocycles. The van der Waals surface area contributed by atoms with Crippen LogP contribution >= 0.6 is 0 Å². The van der Waals surface area contributed by atoms with Crippen molar-refractivity contribution in [2.45, 2.75) is 18.7 Å². The van der Waals surface area contributed by atoms with E-state index in [0.29, 0.717) is 22.4 Å². The van der Waals surface area contributed by atoms with Crippen LogP contribution in [0.25, 0.3) is 22.2 Å². The number of hydrogen-bond donors (Lipinski definition) is 1. The van der Waals surface area contributed by atoms with E-state index < -0.39 is 20.0 Å². The van der Waals surface area contributed by atoms with Crippen molar-refractivity contribution in [1.82, 2.24) is 8.96 Å². The Balaban J connectivity index is 1.81. The number of nitrogens with zero attached hydrogens (tertiary/aromatic N) is 2. The van der Waals surface area contributed by atoms with Crippen molar-refractivity contribution in [1.29, 1.82) is 0 Å². The van der Waals surface area contributed by atoms with Gasteiger partial charge in [-0.2, -0.15) is 0 Å². The molecule has 160 valence electrons. The lowest BCUT2D eigenvalue weighted by Gasteiger charge is -2.10. The third kappa shape index (κ3) is 3.94. The van der Waals surface area contributed by atoms with E-state index in [0.717, 1.165) is 11.1 Å². The van der Waals surface area contributed by atoms with Crippen LogP contribution in [-0.2, 0) is 20.0 Å². The average molecular weight is 456 g/mol. The second-order valence-electron chi connectivity index (χ2n) is 7.05. The minimum atomic E-state index is -3.80. The topological polar surface area (TPSA) is 98.1 Å². The first kappa shape index (κ1) is 21.1. The molecule has 0 amide bonds. The van der Waals surface area contributed by atoms with E-state index in [9.17, 15) is 16.8 Å². The quantitative estimate of drug-likeness (QED) is 0.474. The van der Waals surface area contributed by atoms with Crippen molar-refractivity contribution in [3.8, 4) is 11.1 Å². The Kier molecular flexibility index (Phi) is 5.32. The summed E-state index contributed by atoms with van der Waals surface area (Å²) in [6.45, 7) is 3.30. The van der Waals surface area contributed by atoms with Crippen LogP contribution in [0.4, 0.5) is 5.69 Å². The fourth-order valence-corrected chi connectivity index (χ4v) is 5.58. The number of aromatic nitrogens is 2. The lowest BCUT2D eigenvalue weighted by Crippen LogP contribution is -2.14. The Morgan fingerprint density at radius 2 is 1.61 bits per heavy atom. The fourth-order valence-electron chi connectivity index (χ4n) is 3.42. The first-order chi connectivity index (χ1) is 14.7. The molecular formula is C22H21N3O4S2. The van der Waals surface area contributed by atoms with Crippen LogP contribution in [0.5, 0.6) is 0 Å². The van der Waals surface area contributed by atoms with Crippen LogP contribution in [0.2, 0.25) is 0 Å². The van der Waals surface area contributed by atoms with Gasteiger partial charge in [0.15, 0.2) is 5.65 Å². The molecule has 0 saturated heterocycles. The Labute approximate surface area is 181 Å². The second-order valence-corrected chi connectivity index (χ2v) is 10.8. The number of aryl methyl sites for hydroxylation is 1. The number of hydrogen-bond acceptors (Lipinski definition) is 5. The van der Waals surface area contributed by atoms with E-state index in [1.807, 2.05) is 6.07 Å². The number of benzene rings is 2. The molecule has 31 heavy (non-hydrogen) atoms. The highest BCUT2D eigenvalue weighted by Crippen LogP contribution is 2.32. The lowest BCUT2D eigenvalue weighted by molar-refractivity contribution is 0.587. The molecule has 4 rings (SSSR count). The van der Waals surface area contributed by atoms with Crippen molar-refractivity contribution >= 4 is 36.8 Å². The first-order valence-corrected chi connectivity index (χ1v) is 12.7. The zero-order valence-corrected chi connectivity index (χ0v) is 18.6. The van der Waals surface area contributed by atoms with E-state index in [-0.39, 0.29) is 10.6 Å². The van der Waals surface area contributed by atoms with Crippen LogP contribution in [0.3, 0.4) is 0 Å². The molecule has 7 nitrogen and oxygen atoms in total. The summed E-state index contributed by atoms with van der Waals surface area (Å²) >= 11 is 0. The summed E-state index contributed by atoms with van der Waals surface area (Å²) in [5.41, 5.74) is 2.98. The summed E-state index contributed by atoms with van der Waals surface area (Å²) in [5.74, 6) is -0.0115. The predicted octanol–water partition coefficient (Wildman–Crippen LogP) is 4.01. The van der Waals surface area contributed by atoms with Crippen molar-refractivity contribution in [2.75, 3.05) is 10.5 Å². The normalized spacial score (nSPS) is 12.2. The number of sulfonamides is 1. The number of nitrogens with one attached hydrogen (secondary N) is 1. The number of rotatable bonds is 6. The number of fused-ring (bicyclic) bond motifs is 1. The third-order valence-electron chi connectivity index (χ3n) is 4.97. The van der Waals surface area contributed by atoms with Gasteiger partial charge in [-0.3, -0.25) is 4.72 Å². The van der Waals surface area contributed by atoms with Gasteiger partial charge in [0.25, 0.3) is 10.0 Å². The maximum absolute atomic E-state index is 13.2. The molecule has 4 aromatic rings. The van der Waals surface area contributed by atoms with Gasteiger partial charge >= 0.3 is 0 Å². The van der Waals surface area contributed by atoms with Gasteiger partial charge in [0, 0.05) is 23.0 Å². The molecule has 0 radical (unpaired) electrons. The second kappa shape index (κ2) is 7.82. The number of pyridine rings is 1. The van der Waals surface area contributed by atoms with E-state index in [1.165, 1.54) is 3.97 Å². The molecule has 9 heteroatoms. The minimum Gasteiger partial charge on any atom is -0.284 e. The van der Waals surface area contributed by atoms with Crippen molar-refractivity contribution in [2.24, 2.45) is 0 Å². The van der Waals surface area contributed by atoms with Gasteiger partial charge in [0.05, 0.1) is 10.6 Å². The van der Waals surface area contributed by atoms with Gasteiger partial charge in [0.1, 0.15) is 0 Å². The molecule has 2 aromatic carbocycles. The van der Waals surface area contributed by atoms with Crippen LogP contribution in [0.1, 0.15) is 12.6 Å². The van der Waals surface area contributed by atoms with Crippen molar-refractivity contribution in [3.63, 3.8) is 0 Å². The SMILES string of the molecule is CCS(=O)(=O)Nc1ccc(-c2ccnc3c2cc(C)n3S(=O)(=O)c2ccccc2)cc1. The summed E-state index contributed by atoms with van der Waals surface area (Å²) in [6, 6.07) is 18.8. The zero-order chi connectivity index (χ0) is 22.2. The highest BCUT2D eigenvalue weighted by molar-refractivity contribution is 7.92. The van der Waals surface area contributed by atoms with Gasteiger partial charge in [-0.25, -0.2) is 25.8 Å². The standard InChI is InChI=1S/C22H21N3O4S2/c1-3-30(26,27)24-18-11-9-17(10-12-18)20-13-14-23-22-21(20)15-16(2)25(22)31(28,29)19-7-5-4-6-8-19/h4-15,24H,3H2,1-2H3. The molecule has 0 aliphatic carbocycles. The van der Waals surface area contributed by atoms with Crippen molar-refractivity contribution in [3.05, 3.63) is 78.6 Å². The Hall–Kier alpha value is -3.17. The number of anilines is 1. The smallest absolute Gasteiger partial charge is 0.269 e. The van der Waals surface area contributed by atoms with E-state index in [2.05, 4.69) is 9.71 Å². The summed E-state index contributed by atoms with van der Waals surface area (Å²) in [5, 5.41) is 0.696. The average Bonchev–Trinajstić information content (AvgIpc) is 3.11. The van der Waals surface area contributed by atoms with Gasteiger partial charge in [-0.05, 0) is 61.4 Å². The largest absolute Gasteiger partial charge is 0.284 e. The van der Waals surface area contributed by atoms with Gasteiger partial charge in [-0.15, -0.1) is 0 Å². The summed E-state index contributed by atoms with van der Waals surface area (Å²) in [6.07, 6.45) is 1.57. The van der Waals surface area contributed by atoms with Crippen LogP contribution in [0, 0.1) is 6.92 Å². The molecule has 0 fully saturated rings. The Morgan fingerprint density at radius 1 is 0.935 bits per heavy atom. The van der Waals surface area contributed by atoms with Gasteiger partial charge < -0.3 is 0 Å². The highest BCUT2D eigenvalue weighted by atomic mass is 32.2. The Morgan fingerprint density at radius 3 is 2.26 bits per heavy atom. The van der Waals surface area contributed by atoms with Crippen molar-refractivity contribution < 1.29 is 16.8 Å². The lowest BCUT2D eigenvalue weighted by atomic mass is 10.0. The molecule has 2 aromatic heterocycles.